The van der Waals surface area contributed by atoms with Crippen molar-refractivity contribution in [2.24, 2.45) is 11.5 Å². The summed E-state index contributed by atoms with van der Waals surface area (Å²) in [7, 11) is 0. The lowest BCUT2D eigenvalue weighted by atomic mass is 9.92. The number of hydrogen-bond acceptors (Lipinski definition) is 6. The molecule has 0 saturated heterocycles. The van der Waals surface area contributed by atoms with E-state index >= 15 is 0 Å². The highest BCUT2D eigenvalue weighted by Gasteiger charge is 2.18. The van der Waals surface area contributed by atoms with Crippen LogP contribution < -0.4 is 22.1 Å². The minimum absolute atomic E-state index is 0.0182. The molecule has 0 atom stereocenters. The predicted octanol–water partition coefficient (Wildman–Crippen LogP) is 3.62. The molecule has 0 heterocycles. The van der Waals surface area contributed by atoms with Crippen LogP contribution in [0.5, 0.6) is 0 Å². The van der Waals surface area contributed by atoms with Crippen molar-refractivity contribution in [3.05, 3.63) is 82.8 Å². The smallest absolute Gasteiger partial charge is 0.255 e. The lowest BCUT2D eigenvalue weighted by Gasteiger charge is -2.16. The number of amides is 1. The zero-order valence-electron chi connectivity index (χ0n) is 16.4. The molecule has 0 bridgehead atoms. The Hall–Kier alpha value is -4.05. The van der Waals surface area contributed by atoms with Crippen molar-refractivity contribution in [2.75, 3.05) is 10.6 Å². The number of hydrogen-bond donors (Lipinski definition) is 5. The number of anilines is 2. The van der Waals surface area contributed by atoms with Gasteiger partial charge in [-0.25, -0.2) is 0 Å². The summed E-state index contributed by atoms with van der Waals surface area (Å²) >= 11 is 0. The van der Waals surface area contributed by atoms with E-state index in [0.717, 1.165) is 0 Å². The van der Waals surface area contributed by atoms with Gasteiger partial charge in [-0.1, -0.05) is 19.9 Å². The molecule has 7 nitrogen and oxygen atoms in total. The fourth-order valence-electron chi connectivity index (χ4n) is 2.91. The first-order valence-corrected chi connectivity index (χ1v) is 9.01. The minimum Gasteiger partial charge on any atom is -0.405 e. The Labute approximate surface area is 170 Å². The highest BCUT2D eigenvalue weighted by atomic mass is 16.1. The summed E-state index contributed by atoms with van der Waals surface area (Å²) in [5.41, 5.74) is 14.5. The van der Waals surface area contributed by atoms with E-state index in [1.807, 2.05) is 13.8 Å². The van der Waals surface area contributed by atoms with Gasteiger partial charge in [0.25, 0.3) is 5.91 Å². The maximum absolute atomic E-state index is 12.9. The standard InChI is InChI=1S/C22H24N6O/c1-14(2)21-16(13-25)5-3-6-18(21)22(29)27-17-9-8-15(12-24)19(11-17)28-20(26)7-4-10-23/h3-12,14,24,28H,23,26H2,1-2H3,(H,27,29)/b10-4-,20-7+,24-12?. The van der Waals surface area contributed by atoms with Gasteiger partial charge in [0.15, 0.2) is 0 Å². The topological polar surface area (TPSA) is 141 Å². The van der Waals surface area contributed by atoms with Gasteiger partial charge in [0.2, 0.25) is 0 Å². The van der Waals surface area contributed by atoms with Crippen LogP contribution in [0.15, 0.2) is 60.6 Å². The average Bonchev–Trinajstić information content (AvgIpc) is 2.71. The summed E-state index contributed by atoms with van der Waals surface area (Å²) in [5.74, 6) is 0.0423. The van der Waals surface area contributed by atoms with Crippen LogP contribution >= 0.6 is 0 Å². The largest absolute Gasteiger partial charge is 0.405 e. The first-order valence-electron chi connectivity index (χ1n) is 9.01. The third-order valence-electron chi connectivity index (χ3n) is 4.18. The van der Waals surface area contributed by atoms with Crippen LogP contribution in [0.1, 0.15) is 46.8 Å². The number of rotatable bonds is 7. The lowest BCUT2D eigenvalue weighted by molar-refractivity contribution is 0.102. The molecule has 2 aromatic carbocycles. The monoisotopic (exact) mass is 388 g/mol. The Bertz CT molecular complexity index is 1010. The van der Waals surface area contributed by atoms with Gasteiger partial charge in [-0.2, -0.15) is 5.26 Å². The Morgan fingerprint density at radius 2 is 2.00 bits per heavy atom. The van der Waals surface area contributed by atoms with Crippen molar-refractivity contribution in [2.45, 2.75) is 19.8 Å². The molecular formula is C22H24N6O. The number of benzene rings is 2. The van der Waals surface area contributed by atoms with Crippen LogP contribution in [0.2, 0.25) is 0 Å². The van der Waals surface area contributed by atoms with E-state index in [2.05, 4.69) is 16.7 Å². The Morgan fingerprint density at radius 3 is 2.62 bits per heavy atom. The molecule has 148 valence electrons. The number of allylic oxidation sites excluding steroid dienone is 2. The van der Waals surface area contributed by atoms with E-state index < -0.39 is 0 Å². The zero-order valence-corrected chi connectivity index (χ0v) is 16.4. The first-order chi connectivity index (χ1) is 13.9. The maximum atomic E-state index is 12.9. The number of carbonyl (C=O) groups is 1. The molecule has 0 aliphatic heterocycles. The normalized spacial score (nSPS) is 11.3. The number of nitrogens with one attached hydrogen (secondary N) is 3. The van der Waals surface area contributed by atoms with Crippen LogP contribution in [0.3, 0.4) is 0 Å². The molecule has 7 N–H and O–H groups in total. The van der Waals surface area contributed by atoms with Crippen molar-refractivity contribution in [1.82, 2.24) is 0 Å². The fraction of sp³-hybridized carbons (Fsp3) is 0.136. The molecule has 0 aliphatic carbocycles. The number of nitriles is 1. The van der Waals surface area contributed by atoms with E-state index in [0.29, 0.717) is 39.4 Å². The van der Waals surface area contributed by atoms with E-state index in [-0.39, 0.29) is 11.8 Å². The summed E-state index contributed by atoms with van der Waals surface area (Å²) in [6.45, 7) is 3.89. The van der Waals surface area contributed by atoms with E-state index in [1.165, 1.54) is 12.4 Å². The van der Waals surface area contributed by atoms with Crippen LogP contribution in [0, 0.1) is 16.7 Å². The molecule has 0 aliphatic rings. The van der Waals surface area contributed by atoms with Crippen LogP contribution in [0.4, 0.5) is 11.4 Å². The van der Waals surface area contributed by atoms with E-state index in [1.54, 1.807) is 48.6 Å². The summed E-state index contributed by atoms with van der Waals surface area (Å²) in [4.78, 5) is 12.9. The molecule has 0 unspecified atom stereocenters. The predicted molar refractivity (Wildman–Crippen MR) is 117 cm³/mol. The summed E-state index contributed by atoms with van der Waals surface area (Å²) in [6.07, 6.45) is 5.70. The van der Waals surface area contributed by atoms with Crippen LogP contribution in [-0.2, 0) is 0 Å². The summed E-state index contributed by atoms with van der Waals surface area (Å²) in [5, 5.41) is 22.8. The number of carbonyl (C=O) groups excluding carboxylic acids is 1. The zero-order chi connectivity index (χ0) is 21.4. The van der Waals surface area contributed by atoms with Gasteiger partial charge in [-0.3, -0.25) is 4.79 Å². The highest BCUT2D eigenvalue weighted by molar-refractivity contribution is 6.06. The molecule has 29 heavy (non-hydrogen) atoms. The summed E-state index contributed by atoms with van der Waals surface area (Å²) in [6, 6.07) is 12.3. The molecule has 0 aromatic heterocycles. The van der Waals surface area contributed by atoms with Gasteiger partial charge in [0.05, 0.1) is 17.3 Å². The minimum atomic E-state index is -0.311. The maximum Gasteiger partial charge on any atom is 0.255 e. The van der Waals surface area contributed by atoms with Gasteiger partial charge >= 0.3 is 0 Å². The summed E-state index contributed by atoms with van der Waals surface area (Å²) < 4.78 is 0. The molecule has 0 fully saturated rings. The van der Waals surface area contributed by atoms with Crippen LogP contribution in [-0.4, -0.2) is 12.1 Å². The van der Waals surface area contributed by atoms with Gasteiger partial charge in [0.1, 0.15) is 5.82 Å². The SMILES string of the molecule is CC(C)c1c(C#N)cccc1C(=O)Nc1ccc(C=N)c(N/C(N)=C/C=C\N)c1. The molecule has 2 rings (SSSR count). The molecule has 7 heteroatoms. The van der Waals surface area contributed by atoms with Gasteiger partial charge in [-0.15, -0.1) is 0 Å². The third-order valence-corrected chi connectivity index (χ3v) is 4.18. The Balaban J connectivity index is 2.36. The second kappa shape index (κ2) is 9.76. The molecule has 0 saturated carbocycles. The molecule has 1 amide bonds. The molecule has 0 radical (unpaired) electrons. The number of nitrogens with zero attached hydrogens (tertiary/aromatic N) is 1. The first kappa shape index (κ1) is 21.3. The Morgan fingerprint density at radius 1 is 1.24 bits per heavy atom. The molecule has 0 spiro atoms. The van der Waals surface area contributed by atoms with Crippen molar-refractivity contribution >= 4 is 23.5 Å². The van der Waals surface area contributed by atoms with Crippen molar-refractivity contribution in [3.63, 3.8) is 0 Å². The van der Waals surface area contributed by atoms with Gasteiger partial charge < -0.3 is 27.5 Å². The second-order valence-corrected chi connectivity index (χ2v) is 6.57. The quantitative estimate of drug-likeness (QED) is 0.364. The fourth-order valence-corrected chi connectivity index (χ4v) is 2.91. The lowest BCUT2D eigenvalue weighted by Crippen LogP contribution is -2.16. The van der Waals surface area contributed by atoms with E-state index in [4.69, 9.17) is 16.9 Å². The van der Waals surface area contributed by atoms with Crippen molar-refractivity contribution in [1.29, 1.82) is 10.7 Å². The van der Waals surface area contributed by atoms with E-state index in [9.17, 15) is 10.1 Å². The second-order valence-electron chi connectivity index (χ2n) is 6.57. The van der Waals surface area contributed by atoms with Crippen molar-refractivity contribution < 1.29 is 4.79 Å². The Kier molecular flexibility index (Phi) is 7.15. The highest BCUT2D eigenvalue weighted by Crippen LogP contribution is 2.26. The molecular weight excluding hydrogens is 364 g/mol. The third kappa shape index (κ3) is 5.23. The van der Waals surface area contributed by atoms with Gasteiger partial charge in [-0.05, 0) is 60.2 Å². The molecule has 2 aromatic rings. The van der Waals surface area contributed by atoms with Crippen molar-refractivity contribution in [3.8, 4) is 6.07 Å². The van der Waals surface area contributed by atoms with Crippen LogP contribution in [0.25, 0.3) is 0 Å². The van der Waals surface area contributed by atoms with Gasteiger partial charge in [0, 0.05) is 23.0 Å². The average molecular weight is 388 g/mol. The number of nitrogens with two attached hydrogens (primary N) is 2.